The second kappa shape index (κ2) is 16.4. The standard InChI is InChI=1S/C29H42O3/c1-3-5-7-9-10-11-12-14-20-26-22-16-18-24-28(26)32-29(30)31-27-23-17-15-21-25(27)19-13-8-6-4-2/h15-18,21-24H,3-14,19-20H2,1-2H3. The molecule has 32 heavy (non-hydrogen) atoms. The fraction of sp³-hybridized carbons (Fsp3) is 0.552. The molecule has 0 radical (unpaired) electrons. The number of ether oxygens (including phenoxy) is 2. The molecule has 3 heteroatoms. The average Bonchev–Trinajstić information content (AvgIpc) is 2.80. The summed E-state index contributed by atoms with van der Waals surface area (Å²) in [7, 11) is 0. The summed E-state index contributed by atoms with van der Waals surface area (Å²) in [5.74, 6) is 1.22. The normalized spacial score (nSPS) is 10.8. The molecule has 0 atom stereocenters. The number of carbonyl (C=O) groups excluding carboxylic acids is 1. The molecule has 2 aromatic carbocycles. The van der Waals surface area contributed by atoms with Crippen LogP contribution < -0.4 is 9.47 Å². The zero-order valence-electron chi connectivity index (χ0n) is 20.2. The lowest BCUT2D eigenvalue weighted by atomic mass is 10.0. The molecule has 0 aliphatic carbocycles. The van der Waals surface area contributed by atoms with Crippen molar-refractivity contribution in [2.75, 3.05) is 0 Å². The van der Waals surface area contributed by atoms with E-state index in [4.69, 9.17) is 9.47 Å². The minimum atomic E-state index is -0.658. The van der Waals surface area contributed by atoms with Crippen LogP contribution in [0.2, 0.25) is 0 Å². The van der Waals surface area contributed by atoms with Gasteiger partial charge < -0.3 is 9.47 Å². The highest BCUT2D eigenvalue weighted by atomic mass is 16.7. The van der Waals surface area contributed by atoms with Crippen LogP contribution in [0.4, 0.5) is 4.79 Å². The van der Waals surface area contributed by atoms with Crippen molar-refractivity contribution in [1.82, 2.24) is 0 Å². The molecule has 2 aromatic rings. The van der Waals surface area contributed by atoms with Gasteiger partial charge in [0.2, 0.25) is 0 Å². The Morgan fingerprint density at radius 3 is 1.41 bits per heavy atom. The van der Waals surface area contributed by atoms with Gasteiger partial charge in [-0.25, -0.2) is 4.79 Å². The number of hydrogen-bond donors (Lipinski definition) is 0. The summed E-state index contributed by atoms with van der Waals surface area (Å²) in [4.78, 5) is 12.5. The molecular weight excluding hydrogens is 396 g/mol. The number of rotatable bonds is 16. The lowest BCUT2D eigenvalue weighted by Crippen LogP contribution is -2.15. The Balaban J connectivity index is 1.81. The molecule has 0 N–H and O–H groups in total. The third kappa shape index (κ3) is 10.3. The SMILES string of the molecule is CCCCCCCCCCc1ccccc1OC(=O)Oc1ccccc1CCCCCC. The van der Waals surface area contributed by atoms with Crippen LogP contribution in [0.15, 0.2) is 48.5 Å². The van der Waals surface area contributed by atoms with Crippen molar-refractivity contribution in [3.8, 4) is 11.5 Å². The van der Waals surface area contributed by atoms with E-state index < -0.39 is 6.16 Å². The van der Waals surface area contributed by atoms with Gasteiger partial charge >= 0.3 is 6.16 Å². The van der Waals surface area contributed by atoms with Crippen LogP contribution in [0.5, 0.6) is 11.5 Å². The number of unbranched alkanes of at least 4 members (excludes halogenated alkanes) is 10. The van der Waals surface area contributed by atoms with Crippen molar-refractivity contribution in [3.63, 3.8) is 0 Å². The first-order valence-corrected chi connectivity index (χ1v) is 12.8. The Hall–Kier alpha value is -2.29. The van der Waals surface area contributed by atoms with E-state index in [-0.39, 0.29) is 0 Å². The molecule has 0 saturated carbocycles. The fourth-order valence-corrected chi connectivity index (χ4v) is 4.01. The van der Waals surface area contributed by atoms with Crippen molar-refractivity contribution in [2.24, 2.45) is 0 Å². The summed E-state index contributed by atoms with van der Waals surface area (Å²) in [6.45, 7) is 4.46. The van der Waals surface area contributed by atoms with Gasteiger partial charge in [-0.2, -0.15) is 0 Å². The van der Waals surface area contributed by atoms with Gasteiger partial charge in [0, 0.05) is 0 Å². The van der Waals surface area contributed by atoms with E-state index >= 15 is 0 Å². The summed E-state index contributed by atoms with van der Waals surface area (Å²) in [5, 5.41) is 0. The lowest BCUT2D eigenvalue weighted by Gasteiger charge is -2.12. The first kappa shape index (κ1) is 26.0. The van der Waals surface area contributed by atoms with Crippen LogP contribution >= 0.6 is 0 Å². The second-order valence-corrected chi connectivity index (χ2v) is 8.71. The van der Waals surface area contributed by atoms with Crippen LogP contribution in [0.3, 0.4) is 0 Å². The van der Waals surface area contributed by atoms with Crippen LogP contribution in [0.25, 0.3) is 0 Å². The van der Waals surface area contributed by atoms with Gasteiger partial charge in [-0.3, -0.25) is 0 Å². The topological polar surface area (TPSA) is 35.5 Å². The minimum absolute atomic E-state index is 0.606. The molecule has 3 nitrogen and oxygen atoms in total. The Labute approximate surface area is 195 Å². The Bertz CT molecular complexity index is 769. The van der Waals surface area contributed by atoms with Gasteiger partial charge in [-0.1, -0.05) is 114 Å². The van der Waals surface area contributed by atoms with Gasteiger partial charge in [0.1, 0.15) is 11.5 Å². The maximum Gasteiger partial charge on any atom is 0.519 e. The van der Waals surface area contributed by atoms with Crippen molar-refractivity contribution in [3.05, 3.63) is 59.7 Å². The van der Waals surface area contributed by atoms with Crippen LogP contribution in [0.1, 0.15) is 102 Å². The largest absolute Gasteiger partial charge is 0.519 e. The first-order chi connectivity index (χ1) is 15.7. The minimum Gasteiger partial charge on any atom is -0.394 e. The van der Waals surface area contributed by atoms with Crippen molar-refractivity contribution >= 4 is 6.16 Å². The predicted octanol–water partition coefficient (Wildman–Crippen LogP) is 9.07. The Morgan fingerprint density at radius 2 is 0.938 bits per heavy atom. The molecule has 0 aromatic heterocycles. The summed E-state index contributed by atoms with van der Waals surface area (Å²) in [6.07, 6.45) is 16.2. The van der Waals surface area contributed by atoms with E-state index in [1.165, 1.54) is 64.2 Å². The molecule has 0 spiro atoms. The van der Waals surface area contributed by atoms with Crippen molar-refractivity contribution in [2.45, 2.75) is 104 Å². The molecular formula is C29H42O3. The summed E-state index contributed by atoms with van der Waals surface area (Å²) >= 11 is 0. The van der Waals surface area contributed by atoms with Crippen molar-refractivity contribution < 1.29 is 14.3 Å². The molecule has 0 heterocycles. The molecule has 0 aliphatic rings. The maximum absolute atomic E-state index is 12.5. The zero-order chi connectivity index (χ0) is 22.9. The average molecular weight is 439 g/mol. The predicted molar refractivity (Wildman–Crippen MR) is 134 cm³/mol. The van der Waals surface area contributed by atoms with E-state index in [0.29, 0.717) is 11.5 Å². The highest BCUT2D eigenvalue weighted by molar-refractivity contribution is 5.68. The Kier molecular flexibility index (Phi) is 13.3. The zero-order valence-corrected chi connectivity index (χ0v) is 20.2. The quantitative estimate of drug-likeness (QED) is 0.149. The molecule has 2 rings (SSSR count). The van der Waals surface area contributed by atoms with Crippen LogP contribution in [0, 0.1) is 0 Å². The molecule has 0 bridgehead atoms. The van der Waals surface area contributed by atoms with E-state index in [9.17, 15) is 4.79 Å². The second-order valence-electron chi connectivity index (χ2n) is 8.71. The monoisotopic (exact) mass is 438 g/mol. The maximum atomic E-state index is 12.5. The smallest absolute Gasteiger partial charge is 0.394 e. The van der Waals surface area contributed by atoms with E-state index in [0.717, 1.165) is 36.8 Å². The van der Waals surface area contributed by atoms with Crippen LogP contribution in [-0.4, -0.2) is 6.16 Å². The highest BCUT2D eigenvalue weighted by Gasteiger charge is 2.13. The molecule has 0 amide bonds. The number of carbonyl (C=O) groups is 1. The Morgan fingerprint density at radius 1 is 0.562 bits per heavy atom. The van der Waals surface area contributed by atoms with Gasteiger partial charge in [0.15, 0.2) is 0 Å². The first-order valence-electron chi connectivity index (χ1n) is 12.8. The van der Waals surface area contributed by atoms with E-state index in [1.807, 2.05) is 48.5 Å². The number of hydrogen-bond acceptors (Lipinski definition) is 3. The highest BCUT2D eigenvalue weighted by Crippen LogP contribution is 2.24. The summed E-state index contributed by atoms with van der Waals surface area (Å²) < 4.78 is 11.2. The molecule has 0 aliphatic heterocycles. The lowest BCUT2D eigenvalue weighted by molar-refractivity contribution is 0.151. The number of benzene rings is 2. The third-order valence-electron chi connectivity index (χ3n) is 5.93. The summed E-state index contributed by atoms with van der Waals surface area (Å²) in [5.41, 5.74) is 2.14. The van der Waals surface area contributed by atoms with Gasteiger partial charge in [-0.05, 0) is 48.9 Å². The van der Waals surface area contributed by atoms with E-state index in [1.54, 1.807) is 0 Å². The summed E-state index contributed by atoms with van der Waals surface area (Å²) in [6, 6.07) is 15.6. The van der Waals surface area contributed by atoms with Crippen molar-refractivity contribution in [1.29, 1.82) is 0 Å². The number of para-hydroxylation sites is 2. The molecule has 0 unspecified atom stereocenters. The third-order valence-corrected chi connectivity index (χ3v) is 5.93. The number of aryl methyl sites for hydroxylation is 2. The van der Waals surface area contributed by atoms with Gasteiger partial charge in [0.05, 0.1) is 0 Å². The molecule has 0 fully saturated rings. The molecule has 0 saturated heterocycles. The molecule has 176 valence electrons. The van der Waals surface area contributed by atoms with E-state index in [2.05, 4.69) is 13.8 Å². The van der Waals surface area contributed by atoms with Gasteiger partial charge in [0.25, 0.3) is 0 Å². The van der Waals surface area contributed by atoms with Crippen LogP contribution in [-0.2, 0) is 12.8 Å². The van der Waals surface area contributed by atoms with Gasteiger partial charge in [-0.15, -0.1) is 0 Å². The fourth-order valence-electron chi connectivity index (χ4n) is 4.01.